The van der Waals surface area contributed by atoms with Crippen LogP contribution in [0.4, 0.5) is 17.5 Å². The molecule has 4 heterocycles. The number of anilines is 3. The van der Waals surface area contributed by atoms with Gasteiger partial charge in [0.05, 0.1) is 11.7 Å². The van der Waals surface area contributed by atoms with Gasteiger partial charge in [0.1, 0.15) is 11.6 Å². The lowest BCUT2D eigenvalue weighted by atomic mass is 10.1. The Hall–Kier alpha value is -3.21. The number of carbonyl (C=O) groups is 1. The third-order valence-corrected chi connectivity index (χ3v) is 7.42. The molecule has 5 rings (SSSR count). The molecular formula is C26H32ClN7O3. The molecule has 0 amide bonds. The average molecular weight is 526 g/mol. The zero-order valence-electron chi connectivity index (χ0n) is 21.4. The molecule has 3 aromatic rings. The second-order valence-corrected chi connectivity index (χ2v) is 10.1. The number of likely N-dealkylation sites (N-methyl/N-ethyl adjacent to an activating group) is 1. The van der Waals surface area contributed by atoms with E-state index in [1.807, 2.05) is 18.2 Å². The van der Waals surface area contributed by atoms with Gasteiger partial charge in [-0.2, -0.15) is 4.98 Å². The van der Waals surface area contributed by atoms with Crippen LogP contribution in [0, 0.1) is 0 Å². The molecule has 196 valence electrons. The number of hydrogen-bond donors (Lipinski definition) is 1. The molecule has 2 aliphatic rings. The van der Waals surface area contributed by atoms with E-state index in [9.17, 15) is 9.59 Å². The number of Topliss-reactive ketones (excluding diaryl/α,β-unsaturated/α-hetero) is 1. The van der Waals surface area contributed by atoms with Crippen LogP contribution in [-0.4, -0.2) is 89.1 Å². The van der Waals surface area contributed by atoms with Crippen molar-refractivity contribution in [2.24, 2.45) is 7.05 Å². The van der Waals surface area contributed by atoms with E-state index >= 15 is 0 Å². The Morgan fingerprint density at radius 2 is 1.97 bits per heavy atom. The van der Waals surface area contributed by atoms with Crippen LogP contribution in [0.3, 0.4) is 0 Å². The number of fused-ring (bicyclic) bond motifs is 2. The summed E-state index contributed by atoms with van der Waals surface area (Å²) in [5.74, 6) is 1.25. The molecule has 0 aliphatic carbocycles. The van der Waals surface area contributed by atoms with Gasteiger partial charge in [0.25, 0.3) is 5.56 Å². The van der Waals surface area contributed by atoms with Crippen LogP contribution in [0.25, 0.3) is 10.9 Å². The molecule has 1 atom stereocenters. The number of ketones is 1. The number of nitrogens with zero attached hydrogens (tertiary/aromatic N) is 6. The highest BCUT2D eigenvalue weighted by Gasteiger charge is 2.32. The SMILES string of the molecule is CCC(=O)COc1cc2cc(Nc3nc(N4CCN5CCN(C)CC5C4)ncc3Cl)ccc2n(C)c1=O. The van der Waals surface area contributed by atoms with Crippen LogP contribution in [0.1, 0.15) is 13.3 Å². The number of benzene rings is 1. The number of aromatic nitrogens is 3. The first kappa shape index (κ1) is 25.4. The Kier molecular flexibility index (Phi) is 7.32. The molecule has 0 spiro atoms. The first-order valence-electron chi connectivity index (χ1n) is 12.6. The van der Waals surface area contributed by atoms with E-state index in [1.54, 1.807) is 26.2 Å². The molecule has 0 radical (unpaired) electrons. The van der Waals surface area contributed by atoms with Gasteiger partial charge in [0.2, 0.25) is 5.95 Å². The summed E-state index contributed by atoms with van der Waals surface area (Å²) in [6.07, 6.45) is 1.99. The van der Waals surface area contributed by atoms with Crippen molar-refractivity contribution in [1.29, 1.82) is 0 Å². The molecule has 2 aromatic heterocycles. The van der Waals surface area contributed by atoms with Crippen molar-refractivity contribution in [2.45, 2.75) is 19.4 Å². The smallest absolute Gasteiger partial charge is 0.293 e. The lowest BCUT2D eigenvalue weighted by Gasteiger charge is -2.46. The second-order valence-electron chi connectivity index (χ2n) is 9.72. The predicted molar refractivity (Wildman–Crippen MR) is 145 cm³/mol. The number of ether oxygens (including phenoxy) is 1. The van der Waals surface area contributed by atoms with E-state index in [2.05, 4.69) is 32.0 Å². The third kappa shape index (κ3) is 5.41. The first-order chi connectivity index (χ1) is 17.8. The Balaban J connectivity index is 1.38. The summed E-state index contributed by atoms with van der Waals surface area (Å²) in [5.41, 5.74) is 1.21. The third-order valence-electron chi connectivity index (χ3n) is 7.15. The number of aryl methyl sites for hydroxylation is 1. The molecule has 1 N–H and O–H groups in total. The second kappa shape index (κ2) is 10.6. The quantitative estimate of drug-likeness (QED) is 0.499. The van der Waals surface area contributed by atoms with Crippen molar-refractivity contribution in [3.05, 3.63) is 45.8 Å². The Morgan fingerprint density at radius 3 is 2.78 bits per heavy atom. The monoisotopic (exact) mass is 525 g/mol. The highest BCUT2D eigenvalue weighted by atomic mass is 35.5. The lowest BCUT2D eigenvalue weighted by molar-refractivity contribution is -0.120. The summed E-state index contributed by atoms with van der Waals surface area (Å²) in [7, 11) is 3.85. The number of halogens is 1. The van der Waals surface area contributed by atoms with E-state index in [0.717, 1.165) is 55.9 Å². The molecule has 11 heteroatoms. The van der Waals surface area contributed by atoms with Crippen LogP contribution < -0.4 is 20.5 Å². The van der Waals surface area contributed by atoms with Crippen molar-refractivity contribution in [3.8, 4) is 5.75 Å². The standard InChI is InChI=1S/C26H32ClN7O3/c1-4-20(35)16-37-23-12-17-11-18(5-6-22(17)32(3)25(23)36)29-24-21(27)13-28-26(30-24)34-10-9-33-8-7-31(2)14-19(33)15-34/h5-6,11-13,19H,4,7-10,14-16H2,1-3H3,(H,28,29,30). The van der Waals surface area contributed by atoms with E-state index in [-0.39, 0.29) is 23.7 Å². The van der Waals surface area contributed by atoms with Crippen molar-refractivity contribution < 1.29 is 9.53 Å². The molecular weight excluding hydrogens is 494 g/mol. The fourth-order valence-electron chi connectivity index (χ4n) is 4.92. The molecule has 2 aliphatic heterocycles. The van der Waals surface area contributed by atoms with Crippen molar-refractivity contribution >= 4 is 45.7 Å². The zero-order chi connectivity index (χ0) is 26.1. The van der Waals surface area contributed by atoms with Crippen LogP contribution in [0.2, 0.25) is 5.02 Å². The number of carbonyl (C=O) groups excluding carboxylic acids is 1. The molecule has 10 nitrogen and oxygen atoms in total. The number of hydrogen-bond acceptors (Lipinski definition) is 9. The summed E-state index contributed by atoms with van der Waals surface area (Å²) in [4.78, 5) is 40.8. The largest absolute Gasteiger partial charge is 0.480 e. The molecule has 1 aromatic carbocycles. The summed E-state index contributed by atoms with van der Waals surface area (Å²) >= 11 is 6.47. The fourth-order valence-corrected chi connectivity index (χ4v) is 5.06. The van der Waals surface area contributed by atoms with Crippen molar-refractivity contribution in [1.82, 2.24) is 24.3 Å². The Morgan fingerprint density at radius 1 is 1.16 bits per heavy atom. The summed E-state index contributed by atoms with van der Waals surface area (Å²) in [6.45, 7) is 7.61. The normalized spacial score (nSPS) is 18.6. The van der Waals surface area contributed by atoms with Crippen LogP contribution >= 0.6 is 11.6 Å². The summed E-state index contributed by atoms with van der Waals surface area (Å²) in [6, 6.07) is 7.75. The summed E-state index contributed by atoms with van der Waals surface area (Å²) < 4.78 is 7.04. The van der Waals surface area contributed by atoms with E-state index in [4.69, 9.17) is 21.3 Å². The molecule has 0 bridgehead atoms. The van der Waals surface area contributed by atoms with Crippen LogP contribution in [0.5, 0.6) is 5.75 Å². The van der Waals surface area contributed by atoms with Gasteiger partial charge in [0.15, 0.2) is 17.4 Å². The lowest BCUT2D eigenvalue weighted by Crippen LogP contribution is -2.61. The van der Waals surface area contributed by atoms with Crippen LogP contribution in [-0.2, 0) is 11.8 Å². The zero-order valence-corrected chi connectivity index (χ0v) is 22.2. The topological polar surface area (TPSA) is 95.8 Å². The number of rotatable bonds is 7. The Bertz CT molecular complexity index is 1380. The highest BCUT2D eigenvalue weighted by Crippen LogP contribution is 2.28. The van der Waals surface area contributed by atoms with Gasteiger partial charge in [0, 0.05) is 69.9 Å². The minimum atomic E-state index is -0.287. The highest BCUT2D eigenvalue weighted by molar-refractivity contribution is 6.32. The molecule has 0 saturated carbocycles. The van der Waals surface area contributed by atoms with Gasteiger partial charge in [-0.05, 0) is 31.3 Å². The van der Waals surface area contributed by atoms with Gasteiger partial charge < -0.3 is 24.4 Å². The van der Waals surface area contributed by atoms with E-state index in [1.165, 1.54) is 4.57 Å². The summed E-state index contributed by atoms with van der Waals surface area (Å²) in [5, 5.41) is 4.51. The molecule has 1 unspecified atom stereocenters. The van der Waals surface area contributed by atoms with Crippen molar-refractivity contribution in [2.75, 3.05) is 63.1 Å². The van der Waals surface area contributed by atoms with E-state index in [0.29, 0.717) is 29.3 Å². The molecule has 2 fully saturated rings. The Labute approximate surface area is 220 Å². The maximum Gasteiger partial charge on any atom is 0.293 e. The van der Waals surface area contributed by atoms with Crippen molar-refractivity contribution in [3.63, 3.8) is 0 Å². The number of piperazine rings is 2. The van der Waals surface area contributed by atoms with Gasteiger partial charge >= 0.3 is 0 Å². The minimum Gasteiger partial charge on any atom is -0.480 e. The van der Waals surface area contributed by atoms with Gasteiger partial charge in [-0.25, -0.2) is 4.98 Å². The maximum atomic E-state index is 12.7. The molecule has 2 saturated heterocycles. The van der Waals surface area contributed by atoms with Gasteiger partial charge in [-0.15, -0.1) is 0 Å². The van der Waals surface area contributed by atoms with Gasteiger partial charge in [-0.3, -0.25) is 14.5 Å². The number of nitrogens with one attached hydrogen (secondary N) is 1. The average Bonchev–Trinajstić information content (AvgIpc) is 2.90. The first-order valence-corrected chi connectivity index (χ1v) is 13.0. The minimum absolute atomic E-state index is 0.0660. The fraction of sp³-hybridized carbons (Fsp3) is 0.462. The molecule has 37 heavy (non-hydrogen) atoms. The van der Waals surface area contributed by atoms with E-state index < -0.39 is 0 Å². The predicted octanol–water partition coefficient (Wildman–Crippen LogP) is 2.52. The maximum absolute atomic E-state index is 12.7. The van der Waals surface area contributed by atoms with Crippen LogP contribution in [0.15, 0.2) is 35.3 Å². The number of pyridine rings is 1. The van der Waals surface area contributed by atoms with Gasteiger partial charge in [-0.1, -0.05) is 18.5 Å².